The minimum Gasteiger partial charge on any atom is -0.328 e. The van der Waals surface area contributed by atoms with E-state index in [0.29, 0.717) is 11.5 Å². The molecule has 84 valence electrons. The lowest BCUT2D eigenvalue weighted by molar-refractivity contribution is 0.0580. The molecule has 2 N–H and O–H groups in total. The number of hydrogen-bond donors (Lipinski definition) is 1. The Morgan fingerprint density at radius 2 is 1.79 bits per heavy atom. The molecular weight excluding hydrogens is 170 g/mol. The molecule has 0 aromatic rings. The Kier molecular flexibility index (Phi) is 3.63. The van der Waals surface area contributed by atoms with E-state index < -0.39 is 0 Å². The highest BCUT2D eigenvalue weighted by Gasteiger charge is 2.38. The third kappa shape index (κ3) is 2.50. The molecule has 0 radical (unpaired) electrons. The van der Waals surface area contributed by atoms with E-state index in [9.17, 15) is 0 Å². The van der Waals surface area contributed by atoms with Gasteiger partial charge in [-0.2, -0.15) is 0 Å². The van der Waals surface area contributed by atoms with Crippen molar-refractivity contribution in [2.75, 3.05) is 0 Å². The van der Waals surface area contributed by atoms with Crippen LogP contribution in [-0.4, -0.2) is 6.04 Å². The van der Waals surface area contributed by atoms with Gasteiger partial charge < -0.3 is 5.73 Å². The Balaban J connectivity index is 2.71. The van der Waals surface area contributed by atoms with Crippen molar-refractivity contribution in [2.24, 2.45) is 28.9 Å². The monoisotopic (exact) mass is 197 g/mol. The fraction of sp³-hybridized carbons (Fsp3) is 1.00. The summed E-state index contributed by atoms with van der Waals surface area (Å²) in [5.41, 5.74) is 6.58. The first-order chi connectivity index (χ1) is 6.34. The van der Waals surface area contributed by atoms with E-state index in [2.05, 4.69) is 34.6 Å². The molecule has 1 saturated carbocycles. The molecule has 0 spiro atoms. The fourth-order valence-corrected chi connectivity index (χ4v) is 2.90. The van der Waals surface area contributed by atoms with Crippen LogP contribution in [0.5, 0.6) is 0 Å². The second kappa shape index (κ2) is 4.22. The Morgan fingerprint density at radius 1 is 1.21 bits per heavy atom. The molecule has 0 amide bonds. The predicted octanol–water partition coefficient (Wildman–Crippen LogP) is 3.43. The Morgan fingerprint density at radius 3 is 2.29 bits per heavy atom. The molecule has 3 unspecified atom stereocenters. The van der Waals surface area contributed by atoms with Crippen LogP contribution >= 0.6 is 0 Å². The lowest BCUT2D eigenvalue weighted by Gasteiger charge is -2.45. The van der Waals surface area contributed by atoms with Crippen LogP contribution in [0.15, 0.2) is 0 Å². The van der Waals surface area contributed by atoms with Gasteiger partial charge in [-0.05, 0) is 42.4 Å². The maximum Gasteiger partial charge on any atom is 0.00419 e. The van der Waals surface area contributed by atoms with Crippen LogP contribution in [0.2, 0.25) is 0 Å². The first-order valence-corrected chi connectivity index (χ1v) is 6.10. The normalized spacial score (nSPS) is 34.5. The van der Waals surface area contributed by atoms with Gasteiger partial charge in [0.15, 0.2) is 0 Å². The lowest BCUT2D eigenvalue weighted by atomic mass is 9.61. The highest BCUT2D eigenvalue weighted by atomic mass is 14.7. The molecule has 0 heterocycles. The number of rotatable bonds is 2. The Hall–Kier alpha value is -0.0400. The second-order valence-electron chi connectivity index (χ2n) is 6.23. The summed E-state index contributed by atoms with van der Waals surface area (Å²) < 4.78 is 0. The summed E-state index contributed by atoms with van der Waals surface area (Å²) in [6.45, 7) is 11.9. The highest BCUT2D eigenvalue weighted by Crippen LogP contribution is 2.45. The van der Waals surface area contributed by atoms with E-state index in [-0.39, 0.29) is 0 Å². The van der Waals surface area contributed by atoms with Gasteiger partial charge in [-0.3, -0.25) is 0 Å². The van der Waals surface area contributed by atoms with Crippen molar-refractivity contribution in [1.29, 1.82) is 0 Å². The first-order valence-electron chi connectivity index (χ1n) is 6.10. The highest BCUT2D eigenvalue weighted by molar-refractivity contribution is 4.90. The van der Waals surface area contributed by atoms with Crippen LogP contribution < -0.4 is 5.73 Å². The molecular formula is C13H27N. The SMILES string of the molecule is CC(C)C(C)C1CC(N)CCC1(C)C. The van der Waals surface area contributed by atoms with Gasteiger partial charge in [0, 0.05) is 6.04 Å². The molecule has 0 aliphatic heterocycles. The van der Waals surface area contributed by atoms with Crippen molar-refractivity contribution >= 4 is 0 Å². The van der Waals surface area contributed by atoms with Crippen molar-refractivity contribution in [1.82, 2.24) is 0 Å². The Bertz CT molecular complexity index is 184. The largest absolute Gasteiger partial charge is 0.328 e. The molecule has 1 fully saturated rings. The molecule has 3 atom stereocenters. The maximum absolute atomic E-state index is 6.08. The summed E-state index contributed by atoms with van der Waals surface area (Å²) in [6.07, 6.45) is 3.75. The molecule has 0 saturated heterocycles. The smallest absolute Gasteiger partial charge is 0.00419 e. The van der Waals surface area contributed by atoms with Crippen LogP contribution in [0, 0.1) is 23.2 Å². The zero-order valence-electron chi connectivity index (χ0n) is 10.5. The van der Waals surface area contributed by atoms with Gasteiger partial charge in [-0.1, -0.05) is 34.6 Å². The van der Waals surface area contributed by atoms with Gasteiger partial charge in [-0.25, -0.2) is 0 Å². The molecule has 1 aliphatic rings. The quantitative estimate of drug-likeness (QED) is 0.721. The summed E-state index contributed by atoms with van der Waals surface area (Å²) in [5.74, 6) is 2.40. The van der Waals surface area contributed by atoms with E-state index >= 15 is 0 Å². The summed E-state index contributed by atoms with van der Waals surface area (Å²) in [7, 11) is 0. The van der Waals surface area contributed by atoms with Crippen molar-refractivity contribution in [3.63, 3.8) is 0 Å². The van der Waals surface area contributed by atoms with Crippen molar-refractivity contribution in [3.05, 3.63) is 0 Å². The topological polar surface area (TPSA) is 26.0 Å². The van der Waals surface area contributed by atoms with Gasteiger partial charge in [0.05, 0.1) is 0 Å². The Labute approximate surface area is 89.5 Å². The van der Waals surface area contributed by atoms with Gasteiger partial charge in [-0.15, -0.1) is 0 Å². The number of hydrogen-bond acceptors (Lipinski definition) is 1. The second-order valence-corrected chi connectivity index (χ2v) is 6.23. The van der Waals surface area contributed by atoms with Crippen molar-refractivity contribution in [3.8, 4) is 0 Å². The average molecular weight is 197 g/mol. The molecule has 1 heteroatoms. The zero-order chi connectivity index (χ0) is 10.9. The zero-order valence-corrected chi connectivity index (χ0v) is 10.5. The predicted molar refractivity (Wildman–Crippen MR) is 63.1 cm³/mol. The van der Waals surface area contributed by atoms with Crippen LogP contribution in [-0.2, 0) is 0 Å². The van der Waals surface area contributed by atoms with Crippen molar-refractivity contribution in [2.45, 2.75) is 59.9 Å². The van der Waals surface area contributed by atoms with Crippen LogP contribution in [0.1, 0.15) is 53.9 Å². The minimum absolute atomic E-state index is 0.453. The van der Waals surface area contributed by atoms with E-state index in [1.54, 1.807) is 0 Å². The van der Waals surface area contributed by atoms with E-state index in [4.69, 9.17) is 5.73 Å². The minimum atomic E-state index is 0.453. The number of nitrogens with two attached hydrogens (primary N) is 1. The average Bonchev–Trinajstić information content (AvgIpc) is 2.08. The molecule has 1 aliphatic carbocycles. The van der Waals surface area contributed by atoms with Crippen LogP contribution in [0.4, 0.5) is 0 Å². The summed E-state index contributed by atoms with van der Waals surface area (Å²) in [4.78, 5) is 0. The van der Waals surface area contributed by atoms with Gasteiger partial charge >= 0.3 is 0 Å². The summed E-state index contributed by atoms with van der Waals surface area (Å²) in [5, 5.41) is 0. The van der Waals surface area contributed by atoms with E-state index in [1.807, 2.05) is 0 Å². The van der Waals surface area contributed by atoms with Crippen LogP contribution in [0.3, 0.4) is 0 Å². The molecule has 0 aromatic heterocycles. The fourth-order valence-electron chi connectivity index (χ4n) is 2.90. The van der Waals surface area contributed by atoms with Gasteiger partial charge in [0.25, 0.3) is 0 Å². The van der Waals surface area contributed by atoms with Crippen LogP contribution in [0.25, 0.3) is 0 Å². The third-order valence-electron chi connectivity index (χ3n) is 4.41. The van der Waals surface area contributed by atoms with Gasteiger partial charge in [0.2, 0.25) is 0 Å². The van der Waals surface area contributed by atoms with E-state index in [1.165, 1.54) is 19.3 Å². The van der Waals surface area contributed by atoms with Crippen molar-refractivity contribution < 1.29 is 0 Å². The maximum atomic E-state index is 6.08. The van der Waals surface area contributed by atoms with E-state index in [0.717, 1.165) is 17.8 Å². The molecule has 0 bridgehead atoms. The first kappa shape index (κ1) is 12.0. The standard InChI is InChI=1S/C13H27N/c1-9(2)10(3)12-8-11(14)6-7-13(12,4)5/h9-12H,6-8,14H2,1-5H3. The molecule has 14 heavy (non-hydrogen) atoms. The molecule has 1 rings (SSSR count). The lowest BCUT2D eigenvalue weighted by Crippen LogP contribution is -2.42. The summed E-state index contributed by atoms with van der Waals surface area (Å²) >= 11 is 0. The summed E-state index contributed by atoms with van der Waals surface area (Å²) in [6, 6.07) is 0.453. The molecule has 0 aromatic carbocycles. The third-order valence-corrected chi connectivity index (χ3v) is 4.41. The molecule has 1 nitrogen and oxygen atoms in total. The van der Waals surface area contributed by atoms with Gasteiger partial charge in [0.1, 0.15) is 0 Å².